The number of likely N-dealkylation sites (N-methyl/N-ethyl adjacent to an activating group) is 1. The van der Waals surface area contributed by atoms with Gasteiger partial charge in [0.15, 0.2) is 0 Å². The number of aliphatic hydroxyl groups excluding tert-OH is 1. The third-order valence-corrected chi connectivity index (χ3v) is 5.13. The lowest BCUT2D eigenvalue weighted by Gasteiger charge is -2.41. The first-order valence-corrected chi connectivity index (χ1v) is 8.51. The Bertz CT molecular complexity index is 562. The van der Waals surface area contributed by atoms with E-state index in [1.165, 1.54) is 0 Å². The summed E-state index contributed by atoms with van der Waals surface area (Å²) >= 11 is 0. The maximum absolute atomic E-state index is 12.7. The topological polar surface area (TPSA) is 90.6 Å². The van der Waals surface area contributed by atoms with Crippen molar-refractivity contribution in [2.24, 2.45) is 0 Å². The van der Waals surface area contributed by atoms with E-state index >= 15 is 0 Å². The lowest BCUT2D eigenvalue weighted by Crippen LogP contribution is -2.56. The Kier molecular flexibility index (Phi) is 5.67. The maximum atomic E-state index is 12.7. The molecule has 0 bridgehead atoms. The van der Waals surface area contributed by atoms with Crippen molar-refractivity contribution >= 4 is 11.8 Å². The van der Waals surface area contributed by atoms with Crippen LogP contribution in [-0.4, -0.2) is 59.4 Å². The van der Waals surface area contributed by atoms with E-state index < -0.39 is 11.0 Å². The van der Waals surface area contributed by atoms with Crippen molar-refractivity contribution < 1.29 is 14.4 Å². The van der Waals surface area contributed by atoms with Crippen LogP contribution >= 0.6 is 0 Å². The van der Waals surface area contributed by atoms with Crippen LogP contribution in [0.2, 0.25) is 0 Å². The summed E-state index contributed by atoms with van der Waals surface area (Å²) in [5, 5.41) is 19.5. The van der Waals surface area contributed by atoms with Gasteiger partial charge in [-0.15, -0.1) is 0 Å². The number of aromatic nitrogens is 1. The second-order valence-corrected chi connectivity index (χ2v) is 7.72. The summed E-state index contributed by atoms with van der Waals surface area (Å²) < 4.78 is 5.22. The average molecular weight is 338 g/mol. The summed E-state index contributed by atoms with van der Waals surface area (Å²) in [6.45, 7) is 9.48. The van der Waals surface area contributed by atoms with E-state index in [-0.39, 0.29) is 12.5 Å². The van der Waals surface area contributed by atoms with Crippen LogP contribution in [0.15, 0.2) is 10.6 Å². The number of anilines is 1. The van der Waals surface area contributed by atoms with E-state index in [1.54, 1.807) is 6.07 Å². The molecule has 1 amide bonds. The Morgan fingerprint density at radius 1 is 1.42 bits per heavy atom. The van der Waals surface area contributed by atoms with E-state index in [0.29, 0.717) is 17.6 Å². The molecule has 1 aliphatic heterocycles. The van der Waals surface area contributed by atoms with Crippen molar-refractivity contribution in [3.63, 3.8) is 0 Å². The molecule has 0 spiro atoms. The van der Waals surface area contributed by atoms with Crippen LogP contribution < -0.4 is 10.6 Å². The standard InChI is InChI=1S/C17H30N4O3/c1-16(2,11-22)13-10-14(24-20-13)19-15(23)17(3,4)21(5)12-6-8-18-9-7-12/h10,12,18,22H,6-9,11H2,1-5H3,(H,19,23). The number of nitrogens with one attached hydrogen (secondary N) is 2. The quantitative estimate of drug-likeness (QED) is 0.725. The average Bonchev–Trinajstić information content (AvgIpc) is 3.04. The Morgan fingerprint density at radius 3 is 2.62 bits per heavy atom. The van der Waals surface area contributed by atoms with Crippen molar-refractivity contribution in [1.29, 1.82) is 0 Å². The van der Waals surface area contributed by atoms with Gasteiger partial charge in [0.2, 0.25) is 11.8 Å². The molecule has 7 heteroatoms. The first kappa shape index (κ1) is 18.9. The van der Waals surface area contributed by atoms with Gasteiger partial charge in [0, 0.05) is 17.5 Å². The summed E-state index contributed by atoms with van der Waals surface area (Å²) in [5.41, 5.74) is -0.556. The molecule has 0 aromatic carbocycles. The molecule has 2 heterocycles. The van der Waals surface area contributed by atoms with E-state index in [9.17, 15) is 9.90 Å². The number of nitrogens with zero attached hydrogens (tertiary/aromatic N) is 2. The predicted octanol–water partition coefficient (Wildman–Crippen LogP) is 1.35. The summed E-state index contributed by atoms with van der Waals surface area (Å²) in [6, 6.07) is 2.06. The highest BCUT2D eigenvalue weighted by atomic mass is 16.5. The van der Waals surface area contributed by atoms with Gasteiger partial charge in [0.05, 0.1) is 17.8 Å². The van der Waals surface area contributed by atoms with E-state index in [1.807, 2.05) is 34.7 Å². The molecule has 1 aromatic heterocycles. The van der Waals surface area contributed by atoms with Crippen molar-refractivity contribution in [2.75, 3.05) is 32.1 Å². The van der Waals surface area contributed by atoms with Gasteiger partial charge in [0.1, 0.15) is 0 Å². The second kappa shape index (κ2) is 7.21. The predicted molar refractivity (Wildman–Crippen MR) is 93.0 cm³/mol. The van der Waals surface area contributed by atoms with Crippen LogP contribution in [0.25, 0.3) is 0 Å². The Balaban J connectivity index is 2.05. The van der Waals surface area contributed by atoms with Crippen molar-refractivity contribution in [3.8, 4) is 0 Å². The highest BCUT2D eigenvalue weighted by molar-refractivity contribution is 5.96. The van der Waals surface area contributed by atoms with Gasteiger partial charge in [-0.2, -0.15) is 0 Å². The minimum atomic E-state index is -0.665. The summed E-state index contributed by atoms with van der Waals surface area (Å²) in [4.78, 5) is 14.9. The van der Waals surface area contributed by atoms with Gasteiger partial charge in [-0.3, -0.25) is 15.0 Å². The minimum Gasteiger partial charge on any atom is -0.395 e. The molecule has 3 N–H and O–H groups in total. The van der Waals surface area contributed by atoms with E-state index in [0.717, 1.165) is 25.9 Å². The Hall–Kier alpha value is -1.44. The molecule has 7 nitrogen and oxygen atoms in total. The van der Waals surface area contributed by atoms with Crippen LogP contribution in [0, 0.1) is 0 Å². The fourth-order valence-corrected chi connectivity index (χ4v) is 2.81. The number of hydrogen-bond acceptors (Lipinski definition) is 6. The molecule has 1 aliphatic rings. The molecule has 1 saturated heterocycles. The molecule has 1 aromatic rings. The molecule has 0 aliphatic carbocycles. The lowest BCUT2D eigenvalue weighted by atomic mass is 9.91. The normalized spacial score (nSPS) is 17.3. The van der Waals surface area contributed by atoms with E-state index in [2.05, 4.69) is 20.7 Å². The molecule has 24 heavy (non-hydrogen) atoms. The maximum Gasteiger partial charge on any atom is 0.246 e. The first-order chi connectivity index (χ1) is 11.2. The van der Waals surface area contributed by atoms with Crippen molar-refractivity contribution in [1.82, 2.24) is 15.4 Å². The molecule has 0 saturated carbocycles. The highest BCUT2D eigenvalue weighted by Gasteiger charge is 2.37. The van der Waals surface area contributed by atoms with Crippen LogP contribution in [0.4, 0.5) is 5.88 Å². The number of rotatable bonds is 6. The van der Waals surface area contributed by atoms with Gasteiger partial charge in [-0.1, -0.05) is 19.0 Å². The molecular weight excluding hydrogens is 308 g/mol. The zero-order valence-electron chi connectivity index (χ0n) is 15.3. The molecule has 0 radical (unpaired) electrons. The van der Waals surface area contributed by atoms with E-state index in [4.69, 9.17) is 4.52 Å². The number of carbonyl (C=O) groups is 1. The van der Waals surface area contributed by atoms with Gasteiger partial charge in [0.25, 0.3) is 0 Å². The molecule has 0 atom stereocenters. The fraction of sp³-hybridized carbons (Fsp3) is 0.765. The molecule has 0 unspecified atom stereocenters. The van der Waals surface area contributed by atoms with Gasteiger partial charge >= 0.3 is 0 Å². The minimum absolute atomic E-state index is 0.0448. The van der Waals surface area contributed by atoms with Crippen LogP contribution in [0.1, 0.15) is 46.2 Å². The highest BCUT2D eigenvalue weighted by Crippen LogP contribution is 2.26. The summed E-state index contributed by atoms with van der Waals surface area (Å²) in [5.74, 6) is 0.177. The van der Waals surface area contributed by atoms with Crippen molar-refractivity contribution in [2.45, 2.75) is 57.5 Å². The van der Waals surface area contributed by atoms with Gasteiger partial charge < -0.3 is 14.9 Å². The molecule has 136 valence electrons. The third kappa shape index (κ3) is 3.96. The third-order valence-electron chi connectivity index (χ3n) is 5.13. The van der Waals surface area contributed by atoms with Crippen LogP contribution in [0.3, 0.4) is 0 Å². The Morgan fingerprint density at radius 2 is 2.04 bits per heavy atom. The SMILES string of the molecule is CN(C1CCNCC1)C(C)(C)C(=O)Nc1cc(C(C)(C)CO)no1. The van der Waals surface area contributed by atoms with Gasteiger partial charge in [-0.25, -0.2) is 0 Å². The number of carbonyl (C=O) groups excluding carboxylic acids is 1. The van der Waals surface area contributed by atoms with Crippen LogP contribution in [-0.2, 0) is 10.2 Å². The number of hydrogen-bond donors (Lipinski definition) is 3. The molecule has 2 rings (SSSR count). The smallest absolute Gasteiger partial charge is 0.246 e. The Labute approximate surface area is 143 Å². The first-order valence-electron chi connectivity index (χ1n) is 8.51. The van der Waals surface area contributed by atoms with Gasteiger partial charge in [-0.05, 0) is 46.8 Å². The van der Waals surface area contributed by atoms with Crippen LogP contribution in [0.5, 0.6) is 0 Å². The molecule has 1 fully saturated rings. The summed E-state index contributed by atoms with van der Waals surface area (Å²) in [7, 11) is 2.00. The zero-order valence-corrected chi connectivity index (χ0v) is 15.3. The number of aliphatic hydroxyl groups is 1. The van der Waals surface area contributed by atoms with Crippen molar-refractivity contribution in [3.05, 3.63) is 11.8 Å². The zero-order chi connectivity index (χ0) is 18.0. The second-order valence-electron chi connectivity index (χ2n) is 7.72. The summed E-state index contributed by atoms with van der Waals surface area (Å²) in [6.07, 6.45) is 2.06. The lowest BCUT2D eigenvalue weighted by molar-refractivity contribution is -0.127. The number of amides is 1. The molecular formula is C17H30N4O3. The number of piperidine rings is 1. The monoisotopic (exact) mass is 338 g/mol. The fourth-order valence-electron chi connectivity index (χ4n) is 2.81. The largest absolute Gasteiger partial charge is 0.395 e.